The van der Waals surface area contributed by atoms with Crippen molar-refractivity contribution in [3.63, 3.8) is 0 Å². The Morgan fingerprint density at radius 3 is 1.15 bits per heavy atom. The summed E-state index contributed by atoms with van der Waals surface area (Å²) in [5.41, 5.74) is 0. The zero-order valence-corrected chi connectivity index (χ0v) is 35.1. The Bertz CT molecular complexity index is 1630. The van der Waals surface area contributed by atoms with E-state index in [9.17, 15) is 102 Å². The first-order chi connectivity index (χ1) is 31.4. The van der Waals surface area contributed by atoms with Gasteiger partial charge in [-0.2, -0.15) is 0 Å². The fourth-order valence-corrected chi connectivity index (χ4v) is 8.38. The van der Waals surface area contributed by atoms with Crippen molar-refractivity contribution in [2.45, 2.75) is 198 Å². The summed E-state index contributed by atoms with van der Waals surface area (Å²) in [6, 6.07) is 0. The van der Waals surface area contributed by atoms with Gasteiger partial charge in [0.25, 0.3) is 0 Å². The van der Waals surface area contributed by atoms with Crippen molar-refractivity contribution in [2.24, 2.45) is 0 Å². The molecule has 0 amide bonds. The third-order valence-corrected chi connectivity index (χ3v) is 12.3. The van der Waals surface area contributed by atoms with Crippen LogP contribution in [-0.4, -0.2) is 301 Å². The molecule has 67 heavy (non-hydrogen) atoms. The monoisotopic (exact) mass is 986 g/mol. The molecule has 31 heteroatoms. The van der Waals surface area contributed by atoms with Gasteiger partial charge in [-0.25, -0.2) is 9.59 Å². The molecule has 6 rings (SSSR count). The maximum absolute atomic E-state index is 12.7. The number of carbonyl (C=O) groups is 2. The molecule has 0 aliphatic carbocycles. The third kappa shape index (κ3) is 10.9. The fraction of sp³-hybridized carbons (Fsp3) is 0.944. The van der Waals surface area contributed by atoms with E-state index >= 15 is 0 Å². The average Bonchev–Trinajstić information content (AvgIpc) is 3.28. The van der Waals surface area contributed by atoms with E-state index in [1.165, 1.54) is 13.8 Å². The van der Waals surface area contributed by atoms with Gasteiger partial charge in [-0.1, -0.05) is 0 Å². The number of carboxylic acids is 2. The Balaban J connectivity index is 1.22. The van der Waals surface area contributed by atoms with Crippen molar-refractivity contribution in [3.8, 4) is 0 Å². The maximum atomic E-state index is 12.7. The van der Waals surface area contributed by atoms with E-state index in [1.54, 1.807) is 0 Å². The van der Waals surface area contributed by atoms with Gasteiger partial charge >= 0.3 is 11.9 Å². The van der Waals surface area contributed by atoms with E-state index in [1.807, 2.05) is 0 Å². The minimum absolute atomic E-state index is 0.829. The van der Waals surface area contributed by atoms with E-state index in [2.05, 4.69) is 0 Å². The molecule has 0 radical (unpaired) electrons. The van der Waals surface area contributed by atoms with Crippen LogP contribution in [0.2, 0.25) is 0 Å². The third-order valence-electron chi connectivity index (χ3n) is 12.3. The van der Waals surface area contributed by atoms with E-state index in [0.717, 1.165) is 0 Å². The van der Waals surface area contributed by atoms with E-state index in [-0.39, 0.29) is 0 Å². The largest absolute Gasteiger partial charge is 0.479 e. The molecule has 0 aromatic rings. The van der Waals surface area contributed by atoms with E-state index < -0.39 is 209 Å². The molecule has 30 atom stereocenters. The standard InChI is InChI=1S/C36H58O31/c1-5-22(62-33-17(47)11(41)9(39)7(3-37)59-33)14(44)19(49)32(57-5)64-25-15(45)20(50)35(67-28(25)30(54)55)66-26-21(51)23(63-34-18(48)12(42)10(40)8(4-38)60-34)6(2)58-36(26)65-24-13(43)16(46)31(56)61-27(24)29(52)53/h5-28,31-51,56H,3-4H2,1-2H3,(H,52,53)(H,54,55)/t5-,6-,7+,8+,9-,10-,11-,12-,13+,14-,15+,16+,17+,18+,19+,20+,21+,22-,23-,24+,25+,26+,27-,28-,31?,32-,33-,34-,35-,36-/m0/s1. The zero-order valence-electron chi connectivity index (χ0n) is 35.1. The summed E-state index contributed by atoms with van der Waals surface area (Å²) in [6.07, 6.45) is -60.2. The van der Waals surface area contributed by atoms with Crippen molar-refractivity contribution < 1.29 is 154 Å². The Kier molecular flexibility index (Phi) is 17.9. The molecule has 6 saturated heterocycles. The minimum atomic E-state index is -2.42. The Labute approximate surface area is 376 Å². The van der Waals surface area contributed by atoms with Crippen LogP contribution in [0.5, 0.6) is 0 Å². The lowest BCUT2D eigenvalue weighted by molar-refractivity contribution is -0.401. The molecular weight excluding hydrogens is 928 g/mol. The number of rotatable bonds is 14. The highest BCUT2D eigenvalue weighted by Crippen LogP contribution is 2.37. The summed E-state index contributed by atoms with van der Waals surface area (Å²) in [5, 5.41) is 189. The Hall–Kier alpha value is -2.14. The quantitative estimate of drug-likeness (QED) is 0.0768. The number of hydrogen-bond donors (Lipinski definition) is 18. The van der Waals surface area contributed by atoms with Crippen LogP contribution < -0.4 is 0 Å². The van der Waals surface area contributed by atoms with Gasteiger partial charge in [-0.05, 0) is 13.8 Å². The number of aliphatic hydroxyl groups excluding tert-OH is 16. The smallest absolute Gasteiger partial charge is 0.335 e. The molecule has 0 bridgehead atoms. The van der Waals surface area contributed by atoms with Crippen LogP contribution in [0.25, 0.3) is 0 Å². The molecule has 0 aromatic heterocycles. The van der Waals surface area contributed by atoms with Crippen LogP contribution >= 0.6 is 0 Å². The van der Waals surface area contributed by atoms with E-state index in [4.69, 9.17) is 52.1 Å². The van der Waals surface area contributed by atoms with Crippen LogP contribution in [0.4, 0.5) is 0 Å². The van der Waals surface area contributed by atoms with Crippen LogP contribution in [0, 0.1) is 0 Å². The average molecular weight is 987 g/mol. The summed E-state index contributed by atoms with van der Waals surface area (Å²) in [7, 11) is 0. The lowest BCUT2D eigenvalue weighted by atomic mass is 9.95. The van der Waals surface area contributed by atoms with Crippen molar-refractivity contribution in [1.29, 1.82) is 0 Å². The second-order valence-corrected chi connectivity index (χ2v) is 16.8. The van der Waals surface area contributed by atoms with Crippen LogP contribution in [0.15, 0.2) is 0 Å². The molecule has 6 fully saturated rings. The van der Waals surface area contributed by atoms with Crippen LogP contribution in [0.3, 0.4) is 0 Å². The molecule has 0 aromatic carbocycles. The predicted octanol–water partition coefficient (Wildman–Crippen LogP) is -11.9. The van der Waals surface area contributed by atoms with Gasteiger partial charge in [-0.3, -0.25) is 0 Å². The molecule has 1 unspecified atom stereocenters. The molecule has 388 valence electrons. The SMILES string of the molecule is C[C@@H]1O[C@@H](O[C@@H]2[C@H](O)[C@@H](O)C(O)O[C@@H]2C(=O)O)[C@H](O[C@H]2O[C@H](C(=O)O)[C@H](O[C@@H]3O[C@@H](C)[C@H](O[C@@H]4O[C@H](CO)[C@H](O)[C@H](O)[C@H]4O)[C@@H](O)[C@H]3O)[C@H](O)[C@H]2O)[C@H](O)[C@H]1O[C@@H]1O[C@H](CO)[C@H](O)[C@H](O)[C@H]1O. The molecular formula is C36H58O31. The van der Waals surface area contributed by atoms with Crippen LogP contribution in [0.1, 0.15) is 13.8 Å². The van der Waals surface area contributed by atoms with Gasteiger partial charge < -0.3 is 144 Å². The second-order valence-electron chi connectivity index (χ2n) is 16.8. The maximum Gasteiger partial charge on any atom is 0.335 e. The number of hydrogen-bond acceptors (Lipinski definition) is 29. The highest BCUT2D eigenvalue weighted by molar-refractivity contribution is 5.74. The lowest BCUT2D eigenvalue weighted by Crippen LogP contribution is -2.68. The van der Waals surface area contributed by atoms with Gasteiger partial charge in [0.2, 0.25) is 0 Å². The lowest BCUT2D eigenvalue weighted by Gasteiger charge is -2.50. The molecule has 6 heterocycles. The molecule has 6 aliphatic rings. The first-order valence-corrected chi connectivity index (χ1v) is 20.8. The first-order valence-electron chi connectivity index (χ1n) is 20.8. The topological polar surface area (TPSA) is 500 Å². The summed E-state index contributed by atoms with van der Waals surface area (Å²) in [6.45, 7) is 0.715. The highest BCUT2D eigenvalue weighted by Gasteiger charge is 2.59. The number of carboxylic acid groups (broad SMARTS) is 2. The minimum Gasteiger partial charge on any atom is -0.479 e. The summed E-state index contributed by atoms with van der Waals surface area (Å²) in [5.74, 6) is -3.78. The fourth-order valence-electron chi connectivity index (χ4n) is 8.38. The number of aliphatic carboxylic acids is 2. The predicted molar refractivity (Wildman–Crippen MR) is 197 cm³/mol. The van der Waals surface area contributed by atoms with Crippen LogP contribution in [-0.2, 0) is 61.7 Å². The van der Waals surface area contributed by atoms with E-state index in [0.29, 0.717) is 0 Å². The summed E-state index contributed by atoms with van der Waals surface area (Å²) in [4.78, 5) is 24.8. The highest BCUT2D eigenvalue weighted by atomic mass is 16.8. The van der Waals surface area contributed by atoms with Gasteiger partial charge in [0.05, 0.1) is 25.4 Å². The Morgan fingerprint density at radius 2 is 0.687 bits per heavy atom. The van der Waals surface area contributed by atoms with Crippen molar-refractivity contribution >= 4 is 11.9 Å². The summed E-state index contributed by atoms with van der Waals surface area (Å²) >= 11 is 0. The van der Waals surface area contributed by atoms with Crippen molar-refractivity contribution in [1.82, 2.24) is 0 Å². The van der Waals surface area contributed by atoms with Crippen molar-refractivity contribution in [2.75, 3.05) is 13.2 Å². The number of aliphatic hydroxyl groups is 16. The van der Waals surface area contributed by atoms with Crippen molar-refractivity contribution in [3.05, 3.63) is 0 Å². The van der Waals surface area contributed by atoms with Gasteiger partial charge in [-0.15, -0.1) is 0 Å². The van der Waals surface area contributed by atoms with Gasteiger partial charge in [0.1, 0.15) is 122 Å². The second kappa shape index (κ2) is 22.1. The van der Waals surface area contributed by atoms with Gasteiger partial charge in [0, 0.05) is 0 Å². The Morgan fingerprint density at radius 1 is 0.358 bits per heavy atom. The number of ether oxygens (including phenoxy) is 11. The molecule has 18 N–H and O–H groups in total. The molecule has 0 saturated carbocycles. The normalized spacial score (nSPS) is 53.2. The molecule has 0 spiro atoms. The summed E-state index contributed by atoms with van der Waals surface area (Å²) < 4.78 is 60.7. The zero-order chi connectivity index (χ0) is 49.7. The first kappa shape index (κ1) is 54.2. The molecule has 31 nitrogen and oxygen atoms in total. The van der Waals surface area contributed by atoms with Gasteiger partial charge in [0.15, 0.2) is 49.9 Å². The molecule has 6 aliphatic heterocycles.